The second kappa shape index (κ2) is 6.67. The number of rotatable bonds is 6. The normalized spacial score (nSPS) is 13.1. The molecule has 1 aromatic carbocycles. The van der Waals surface area contributed by atoms with Gasteiger partial charge in [-0.25, -0.2) is 8.78 Å². The molecule has 1 N–H and O–H groups in total. The maximum atomic E-state index is 13.0. The standard InChI is InChI=1S/C13H19F2NO/c1-9(2)17-8-13(16-3)6-10-4-11(14)7-12(15)5-10/h4-5,7,9,13,16H,6,8H2,1-3H3. The molecule has 0 saturated carbocycles. The van der Waals surface area contributed by atoms with E-state index in [1.54, 1.807) is 0 Å². The fraction of sp³-hybridized carbons (Fsp3) is 0.538. The Kier molecular flexibility index (Phi) is 5.51. The average Bonchev–Trinajstić information content (AvgIpc) is 2.22. The molecule has 0 radical (unpaired) electrons. The molecule has 1 unspecified atom stereocenters. The zero-order chi connectivity index (χ0) is 12.8. The van der Waals surface area contributed by atoms with Gasteiger partial charge in [0, 0.05) is 12.1 Å². The molecular weight excluding hydrogens is 224 g/mol. The van der Waals surface area contributed by atoms with Crippen LogP contribution in [0.1, 0.15) is 19.4 Å². The van der Waals surface area contributed by atoms with E-state index in [-0.39, 0.29) is 12.1 Å². The highest BCUT2D eigenvalue weighted by Gasteiger charge is 2.10. The van der Waals surface area contributed by atoms with Gasteiger partial charge in [-0.15, -0.1) is 0 Å². The fourth-order valence-electron chi connectivity index (χ4n) is 1.57. The van der Waals surface area contributed by atoms with Crippen LogP contribution in [-0.2, 0) is 11.2 Å². The van der Waals surface area contributed by atoms with Crippen LogP contribution in [0.15, 0.2) is 18.2 Å². The van der Waals surface area contributed by atoms with Gasteiger partial charge < -0.3 is 10.1 Å². The van der Waals surface area contributed by atoms with Crippen molar-refractivity contribution in [3.05, 3.63) is 35.4 Å². The first-order chi connectivity index (χ1) is 8.01. The van der Waals surface area contributed by atoms with E-state index in [1.165, 1.54) is 12.1 Å². The Labute approximate surface area is 101 Å². The summed E-state index contributed by atoms with van der Waals surface area (Å²) in [5.41, 5.74) is 0.634. The van der Waals surface area contributed by atoms with Gasteiger partial charge in [-0.3, -0.25) is 0 Å². The van der Waals surface area contributed by atoms with Gasteiger partial charge in [-0.05, 0) is 45.0 Å². The summed E-state index contributed by atoms with van der Waals surface area (Å²) < 4.78 is 31.5. The van der Waals surface area contributed by atoms with Crippen LogP contribution in [0.3, 0.4) is 0 Å². The minimum atomic E-state index is -0.542. The highest BCUT2D eigenvalue weighted by molar-refractivity contribution is 5.18. The third-order valence-electron chi connectivity index (χ3n) is 2.44. The quantitative estimate of drug-likeness (QED) is 0.829. The lowest BCUT2D eigenvalue weighted by Crippen LogP contribution is -2.33. The lowest BCUT2D eigenvalue weighted by molar-refractivity contribution is 0.0627. The first-order valence-corrected chi connectivity index (χ1v) is 5.75. The molecule has 0 bridgehead atoms. The van der Waals surface area contributed by atoms with Crippen molar-refractivity contribution in [3.63, 3.8) is 0 Å². The molecule has 4 heteroatoms. The Morgan fingerprint density at radius 1 is 1.18 bits per heavy atom. The second-order valence-electron chi connectivity index (χ2n) is 4.35. The fourth-order valence-corrected chi connectivity index (χ4v) is 1.57. The van der Waals surface area contributed by atoms with Gasteiger partial charge >= 0.3 is 0 Å². The minimum absolute atomic E-state index is 0.0543. The van der Waals surface area contributed by atoms with Gasteiger partial charge in [0.05, 0.1) is 12.7 Å². The topological polar surface area (TPSA) is 21.3 Å². The van der Waals surface area contributed by atoms with E-state index < -0.39 is 11.6 Å². The van der Waals surface area contributed by atoms with Crippen molar-refractivity contribution in [1.29, 1.82) is 0 Å². The van der Waals surface area contributed by atoms with E-state index in [1.807, 2.05) is 20.9 Å². The summed E-state index contributed by atoms with van der Waals surface area (Å²) in [5.74, 6) is -1.08. The lowest BCUT2D eigenvalue weighted by atomic mass is 10.1. The zero-order valence-electron chi connectivity index (χ0n) is 10.5. The van der Waals surface area contributed by atoms with Gasteiger partial charge in [0.15, 0.2) is 0 Å². The predicted molar refractivity (Wildman–Crippen MR) is 64.0 cm³/mol. The van der Waals surface area contributed by atoms with E-state index in [4.69, 9.17) is 4.74 Å². The van der Waals surface area contributed by atoms with Crippen LogP contribution in [0, 0.1) is 11.6 Å². The van der Waals surface area contributed by atoms with Crippen molar-refractivity contribution < 1.29 is 13.5 Å². The molecule has 0 saturated heterocycles. The molecular formula is C13H19F2NO. The second-order valence-corrected chi connectivity index (χ2v) is 4.35. The van der Waals surface area contributed by atoms with Crippen LogP contribution in [0.25, 0.3) is 0 Å². The first-order valence-electron chi connectivity index (χ1n) is 5.75. The monoisotopic (exact) mass is 243 g/mol. The molecule has 1 aromatic rings. The summed E-state index contributed by atoms with van der Waals surface area (Å²) in [6.45, 7) is 4.43. The summed E-state index contributed by atoms with van der Waals surface area (Å²) in [5, 5.41) is 3.07. The van der Waals surface area contributed by atoms with Crippen LogP contribution >= 0.6 is 0 Å². The number of nitrogens with one attached hydrogen (secondary N) is 1. The molecule has 0 spiro atoms. The highest BCUT2D eigenvalue weighted by atomic mass is 19.1. The van der Waals surface area contributed by atoms with Crippen LogP contribution in [0.4, 0.5) is 8.78 Å². The van der Waals surface area contributed by atoms with Crippen molar-refractivity contribution in [2.75, 3.05) is 13.7 Å². The molecule has 0 aliphatic heterocycles. The van der Waals surface area contributed by atoms with Gasteiger partial charge in [0.2, 0.25) is 0 Å². The molecule has 96 valence electrons. The molecule has 0 aliphatic rings. The van der Waals surface area contributed by atoms with Gasteiger partial charge in [-0.1, -0.05) is 0 Å². The van der Waals surface area contributed by atoms with Gasteiger partial charge in [-0.2, -0.15) is 0 Å². The van der Waals surface area contributed by atoms with E-state index >= 15 is 0 Å². The first kappa shape index (κ1) is 14.1. The number of hydrogen-bond acceptors (Lipinski definition) is 2. The third kappa shape index (κ3) is 5.24. The largest absolute Gasteiger partial charge is 0.377 e. The predicted octanol–water partition coefficient (Wildman–Crippen LogP) is 2.52. The molecule has 1 rings (SSSR count). The molecule has 0 amide bonds. The third-order valence-corrected chi connectivity index (χ3v) is 2.44. The smallest absolute Gasteiger partial charge is 0.126 e. The van der Waals surface area contributed by atoms with Gasteiger partial charge in [0.1, 0.15) is 11.6 Å². The van der Waals surface area contributed by atoms with Crippen LogP contribution in [0.2, 0.25) is 0 Å². The zero-order valence-corrected chi connectivity index (χ0v) is 10.5. The molecule has 2 nitrogen and oxygen atoms in total. The van der Waals surface area contributed by atoms with E-state index in [9.17, 15) is 8.78 Å². The molecule has 1 atom stereocenters. The van der Waals surface area contributed by atoms with Crippen molar-refractivity contribution >= 4 is 0 Å². The van der Waals surface area contributed by atoms with Crippen molar-refractivity contribution in [1.82, 2.24) is 5.32 Å². The summed E-state index contributed by atoms with van der Waals surface area (Å²) in [4.78, 5) is 0. The Morgan fingerprint density at radius 2 is 1.76 bits per heavy atom. The summed E-state index contributed by atoms with van der Waals surface area (Å²) in [6, 6.07) is 3.63. The Balaban J connectivity index is 2.60. The highest BCUT2D eigenvalue weighted by Crippen LogP contribution is 2.10. The maximum absolute atomic E-state index is 13.0. The van der Waals surface area contributed by atoms with E-state index in [0.29, 0.717) is 18.6 Å². The van der Waals surface area contributed by atoms with E-state index in [2.05, 4.69) is 5.32 Å². The number of halogens is 2. The summed E-state index contributed by atoms with van der Waals surface area (Å²) in [7, 11) is 1.81. The lowest BCUT2D eigenvalue weighted by Gasteiger charge is -2.18. The van der Waals surface area contributed by atoms with Crippen molar-refractivity contribution in [2.24, 2.45) is 0 Å². The van der Waals surface area contributed by atoms with E-state index in [0.717, 1.165) is 6.07 Å². The Morgan fingerprint density at radius 3 is 2.24 bits per heavy atom. The van der Waals surface area contributed by atoms with Crippen LogP contribution in [0.5, 0.6) is 0 Å². The summed E-state index contributed by atoms with van der Waals surface area (Å²) >= 11 is 0. The minimum Gasteiger partial charge on any atom is -0.377 e. The summed E-state index contributed by atoms with van der Waals surface area (Å²) in [6.07, 6.45) is 0.688. The van der Waals surface area contributed by atoms with Gasteiger partial charge in [0.25, 0.3) is 0 Å². The number of likely N-dealkylation sites (N-methyl/N-ethyl adjacent to an activating group) is 1. The number of ether oxygens (including phenoxy) is 1. The molecule has 17 heavy (non-hydrogen) atoms. The average molecular weight is 243 g/mol. The Hall–Kier alpha value is -1.00. The van der Waals surface area contributed by atoms with Crippen molar-refractivity contribution in [3.8, 4) is 0 Å². The number of hydrogen-bond donors (Lipinski definition) is 1. The molecule has 0 aliphatic carbocycles. The van der Waals surface area contributed by atoms with Crippen LogP contribution in [-0.4, -0.2) is 25.8 Å². The van der Waals surface area contributed by atoms with Crippen LogP contribution < -0.4 is 5.32 Å². The SMILES string of the molecule is CNC(COC(C)C)Cc1cc(F)cc(F)c1. The molecule has 0 heterocycles. The molecule has 0 aromatic heterocycles. The number of benzene rings is 1. The van der Waals surface area contributed by atoms with Crippen molar-refractivity contribution in [2.45, 2.75) is 32.4 Å². The maximum Gasteiger partial charge on any atom is 0.126 e. The Bertz CT molecular complexity index is 335. The molecule has 0 fully saturated rings.